The number of benzene rings is 1. The molecule has 1 rings (SSSR count). The van der Waals surface area contributed by atoms with Crippen LogP contribution in [0.1, 0.15) is 19.4 Å². The van der Waals surface area contributed by atoms with Crippen molar-refractivity contribution in [3.05, 3.63) is 22.2 Å². The molecule has 0 aromatic heterocycles. The third-order valence-electron chi connectivity index (χ3n) is 2.77. The predicted octanol–water partition coefficient (Wildman–Crippen LogP) is 3.39. The van der Waals surface area contributed by atoms with Crippen LogP contribution in [0.4, 0.5) is 4.79 Å². The van der Waals surface area contributed by atoms with Crippen molar-refractivity contribution in [3.63, 3.8) is 0 Å². The van der Waals surface area contributed by atoms with Gasteiger partial charge in [0.15, 0.2) is 0 Å². The first-order chi connectivity index (χ1) is 9.97. The van der Waals surface area contributed by atoms with E-state index in [4.69, 9.17) is 14.2 Å². The summed E-state index contributed by atoms with van der Waals surface area (Å²) in [6.45, 7) is 4.87. The molecule has 0 unspecified atom stereocenters. The zero-order chi connectivity index (χ0) is 15.8. The molecule has 0 spiro atoms. The molecule has 0 heterocycles. The van der Waals surface area contributed by atoms with Crippen LogP contribution in [-0.2, 0) is 11.2 Å². The van der Waals surface area contributed by atoms with Crippen LogP contribution < -0.4 is 14.8 Å². The zero-order valence-electron chi connectivity index (χ0n) is 12.9. The summed E-state index contributed by atoms with van der Waals surface area (Å²) >= 11 is 3.41. The minimum atomic E-state index is -0.397. The molecule has 0 saturated carbocycles. The van der Waals surface area contributed by atoms with E-state index in [1.54, 1.807) is 14.2 Å². The van der Waals surface area contributed by atoms with Crippen molar-refractivity contribution in [2.45, 2.75) is 20.3 Å². The Kier molecular flexibility index (Phi) is 7.36. The molecule has 5 nitrogen and oxygen atoms in total. The van der Waals surface area contributed by atoms with Gasteiger partial charge in [-0.05, 0) is 46.0 Å². The quantitative estimate of drug-likeness (QED) is 0.810. The van der Waals surface area contributed by atoms with Gasteiger partial charge >= 0.3 is 6.09 Å². The van der Waals surface area contributed by atoms with Gasteiger partial charge < -0.3 is 19.5 Å². The van der Waals surface area contributed by atoms with Gasteiger partial charge in [-0.1, -0.05) is 13.8 Å². The smallest absolute Gasteiger partial charge is 0.407 e. The summed E-state index contributed by atoms with van der Waals surface area (Å²) in [4.78, 5) is 11.5. The van der Waals surface area contributed by atoms with E-state index in [1.807, 2.05) is 26.0 Å². The van der Waals surface area contributed by atoms with Gasteiger partial charge in [0.1, 0.15) is 11.5 Å². The molecule has 0 aliphatic heterocycles. The van der Waals surface area contributed by atoms with Crippen molar-refractivity contribution in [1.82, 2.24) is 5.32 Å². The first-order valence-electron chi connectivity index (χ1n) is 6.79. The molecule has 0 radical (unpaired) electrons. The number of methoxy groups -OCH3 is 2. The van der Waals surface area contributed by atoms with Crippen molar-refractivity contribution in [1.29, 1.82) is 0 Å². The van der Waals surface area contributed by atoms with Gasteiger partial charge in [-0.25, -0.2) is 4.79 Å². The van der Waals surface area contributed by atoms with E-state index in [0.717, 1.165) is 21.5 Å². The molecule has 0 bridgehead atoms. The number of nitrogens with one attached hydrogen (secondary N) is 1. The average molecular weight is 360 g/mol. The third-order valence-corrected chi connectivity index (χ3v) is 3.39. The van der Waals surface area contributed by atoms with Gasteiger partial charge in [0.2, 0.25) is 0 Å². The second-order valence-corrected chi connectivity index (χ2v) is 5.82. The molecule has 21 heavy (non-hydrogen) atoms. The van der Waals surface area contributed by atoms with Crippen molar-refractivity contribution < 1.29 is 19.0 Å². The van der Waals surface area contributed by atoms with Gasteiger partial charge in [0.25, 0.3) is 0 Å². The second kappa shape index (κ2) is 8.77. The third kappa shape index (κ3) is 5.83. The van der Waals surface area contributed by atoms with E-state index < -0.39 is 6.09 Å². The number of amides is 1. The van der Waals surface area contributed by atoms with Crippen LogP contribution in [0.15, 0.2) is 16.6 Å². The number of hydrogen-bond donors (Lipinski definition) is 1. The number of carbonyl (C=O) groups excluding carboxylic acids is 1. The fourth-order valence-corrected chi connectivity index (χ4v) is 2.20. The SMILES string of the molecule is COc1cc(CCNC(=O)OCC(C)C)c(OC)cc1Br. The van der Waals surface area contributed by atoms with E-state index in [0.29, 0.717) is 25.5 Å². The lowest BCUT2D eigenvalue weighted by molar-refractivity contribution is 0.133. The van der Waals surface area contributed by atoms with E-state index >= 15 is 0 Å². The lowest BCUT2D eigenvalue weighted by Gasteiger charge is -2.13. The molecule has 6 heteroatoms. The second-order valence-electron chi connectivity index (χ2n) is 4.97. The van der Waals surface area contributed by atoms with Gasteiger partial charge in [-0.3, -0.25) is 0 Å². The molecule has 0 saturated heterocycles. The Bertz CT molecular complexity index is 477. The fraction of sp³-hybridized carbons (Fsp3) is 0.533. The van der Waals surface area contributed by atoms with Crippen LogP contribution in [0.2, 0.25) is 0 Å². The lowest BCUT2D eigenvalue weighted by Crippen LogP contribution is -2.27. The maximum atomic E-state index is 11.5. The first-order valence-corrected chi connectivity index (χ1v) is 7.58. The van der Waals surface area contributed by atoms with Crippen molar-refractivity contribution >= 4 is 22.0 Å². The number of ether oxygens (including phenoxy) is 3. The maximum absolute atomic E-state index is 11.5. The Hall–Kier alpha value is -1.43. The van der Waals surface area contributed by atoms with E-state index in [-0.39, 0.29) is 0 Å². The molecule has 1 aromatic rings. The highest BCUT2D eigenvalue weighted by Gasteiger charge is 2.10. The average Bonchev–Trinajstić information content (AvgIpc) is 2.46. The van der Waals surface area contributed by atoms with Gasteiger partial charge in [-0.2, -0.15) is 0 Å². The van der Waals surface area contributed by atoms with E-state index in [1.165, 1.54) is 0 Å². The number of carbonyl (C=O) groups is 1. The highest BCUT2D eigenvalue weighted by atomic mass is 79.9. The Balaban J connectivity index is 2.56. The maximum Gasteiger partial charge on any atom is 0.407 e. The molecule has 1 aromatic carbocycles. The summed E-state index contributed by atoms with van der Waals surface area (Å²) in [6.07, 6.45) is 0.232. The minimum absolute atomic E-state index is 0.326. The summed E-state index contributed by atoms with van der Waals surface area (Å²) in [5.41, 5.74) is 0.960. The van der Waals surface area contributed by atoms with Crippen LogP contribution >= 0.6 is 15.9 Å². The first kappa shape index (κ1) is 17.6. The number of rotatable bonds is 7. The van der Waals surface area contributed by atoms with E-state index in [9.17, 15) is 4.79 Å². The molecular formula is C15H22BrNO4. The zero-order valence-corrected chi connectivity index (χ0v) is 14.5. The highest BCUT2D eigenvalue weighted by molar-refractivity contribution is 9.10. The summed E-state index contributed by atoms with van der Waals surface area (Å²) in [5.74, 6) is 1.81. The molecule has 0 fully saturated rings. The molecule has 1 amide bonds. The number of alkyl carbamates (subject to hydrolysis) is 1. The summed E-state index contributed by atoms with van der Waals surface area (Å²) in [6, 6.07) is 3.75. The van der Waals surface area contributed by atoms with Gasteiger partial charge in [0, 0.05) is 6.54 Å². The highest BCUT2D eigenvalue weighted by Crippen LogP contribution is 2.32. The standard InChI is InChI=1S/C15H22BrNO4/c1-10(2)9-21-15(18)17-6-5-11-7-14(20-4)12(16)8-13(11)19-3/h7-8,10H,5-6,9H2,1-4H3,(H,17,18). The van der Waals surface area contributed by atoms with Crippen LogP contribution in [0.5, 0.6) is 11.5 Å². The Morgan fingerprint density at radius 1 is 1.24 bits per heavy atom. The minimum Gasteiger partial charge on any atom is -0.496 e. The van der Waals surface area contributed by atoms with E-state index in [2.05, 4.69) is 21.2 Å². The van der Waals surface area contributed by atoms with Gasteiger partial charge in [-0.15, -0.1) is 0 Å². The fourth-order valence-electron chi connectivity index (χ4n) is 1.71. The molecule has 0 aliphatic rings. The molecule has 0 atom stereocenters. The largest absolute Gasteiger partial charge is 0.496 e. The summed E-state index contributed by atoms with van der Waals surface area (Å²) in [7, 11) is 3.22. The Labute approximate surface area is 134 Å². The molecule has 1 N–H and O–H groups in total. The lowest BCUT2D eigenvalue weighted by atomic mass is 10.1. The summed E-state index contributed by atoms with van der Waals surface area (Å²) < 4.78 is 16.5. The monoisotopic (exact) mass is 359 g/mol. The van der Waals surface area contributed by atoms with Crippen LogP contribution in [0.25, 0.3) is 0 Å². The number of hydrogen-bond acceptors (Lipinski definition) is 4. The molecule has 118 valence electrons. The van der Waals surface area contributed by atoms with Crippen molar-refractivity contribution in [2.24, 2.45) is 5.92 Å². The van der Waals surface area contributed by atoms with Crippen LogP contribution in [0, 0.1) is 5.92 Å². The Morgan fingerprint density at radius 3 is 2.48 bits per heavy atom. The van der Waals surface area contributed by atoms with Crippen LogP contribution in [-0.4, -0.2) is 33.5 Å². The Morgan fingerprint density at radius 2 is 1.90 bits per heavy atom. The number of halogens is 1. The van der Waals surface area contributed by atoms with Crippen LogP contribution in [0.3, 0.4) is 0 Å². The molecular weight excluding hydrogens is 338 g/mol. The summed E-state index contributed by atoms with van der Waals surface area (Å²) in [5, 5.41) is 2.72. The predicted molar refractivity (Wildman–Crippen MR) is 85.1 cm³/mol. The topological polar surface area (TPSA) is 56.8 Å². The van der Waals surface area contributed by atoms with Gasteiger partial charge in [0.05, 0.1) is 25.3 Å². The van der Waals surface area contributed by atoms with Crippen molar-refractivity contribution in [2.75, 3.05) is 27.4 Å². The van der Waals surface area contributed by atoms with Crippen molar-refractivity contribution in [3.8, 4) is 11.5 Å². The molecule has 0 aliphatic carbocycles. The normalized spacial score (nSPS) is 10.4.